The highest BCUT2D eigenvalue weighted by atomic mass is 16.1. The molecule has 0 amide bonds. The van der Waals surface area contributed by atoms with Gasteiger partial charge in [0, 0.05) is 30.5 Å². The van der Waals surface area contributed by atoms with E-state index in [9.17, 15) is 9.59 Å². The molecule has 2 saturated heterocycles. The maximum atomic E-state index is 11.8. The molecule has 3 rings (SSSR count). The molecule has 4 atom stereocenters. The number of nitrogens with one attached hydrogen (secondary N) is 2. The molecule has 0 bridgehead atoms. The van der Waals surface area contributed by atoms with Crippen molar-refractivity contribution in [1.29, 1.82) is 0 Å². The molecule has 4 heteroatoms. The third-order valence-electron chi connectivity index (χ3n) is 4.02. The molecule has 2 fully saturated rings. The third kappa shape index (κ3) is 1.53. The first-order chi connectivity index (χ1) is 7.75. The second-order valence-corrected chi connectivity index (χ2v) is 4.97. The fourth-order valence-electron chi connectivity index (χ4n) is 3.15. The molecule has 4 unspecified atom stereocenters. The van der Waals surface area contributed by atoms with Crippen LogP contribution in [0.25, 0.3) is 0 Å². The molecule has 4 nitrogen and oxygen atoms in total. The van der Waals surface area contributed by atoms with Crippen LogP contribution < -0.4 is 10.6 Å². The lowest BCUT2D eigenvalue weighted by Gasteiger charge is -2.44. The predicted molar refractivity (Wildman–Crippen MR) is 58.9 cm³/mol. The van der Waals surface area contributed by atoms with Gasteiger partial charge in [0.05, 0.1) is 6.54 Å². The fraction of sp³-hybridized carbons (Fsp3) is 0.667. The number of hydrogen-bond donors (Lipinski definition) is 2. The van der Waals surface area contributed by atoms with Crippen LogP contribution in [0.4, 0.5) is 0 Å². The lowest BCUT2D eigenvalue weighted by atomic mass is 9.72. The molecule has 0 aromatic heterocycles. The molecule has 0 saturated carbocycles. The van der Waals surface area contributed by atoms with Gasteiger partial charge in [-0.3, -0.25) is 9.59 Å². The van der Waals surface area contributed by atoms with E-state index in [4.69, 9.17) is 0 Å². The Kier molecular flexibility index (Phi) is 2.41. The van der Waals surface area contributed by atoms with E-state index >= 15 is 0 Å². The second kappa shape index (κ2) is 3.79. The predicted octanol–water partition coefficient (Wildman–Crippen LogP) is -0.349. The monoisotopic (exact) mass is 220 g/mol. The molecule has 2 heterocycles. The molecule has 0 aromatic rings. The molecular formula is C12H16N2O2. The van der Waals surface area contributed by atoms with Gasteiger partial charge in [0.15, 0.2) is 11.6 Å². The summed E-state index contributed by atoms with van der Waals surface area (Å²) in [6.45, 7) is 1.31. The summed E-state index contributed by atoms with van der Waals surface area (Å²) in [6, 6.07) is 0.466. The largest absolute Gasteiger partial charge is 0.308 e. The van der Waals surface area contributed by atoms with Crippen LogP contribution in [-0.2, 0) is 9.59 Å². The number of fused-ring (bicyclic) bond motifs is 2. The Labute approximate surface area is 94.5 Å². The van der Waals surface area contributed by atoms with Crippen molar-refractivity contribution in [3.05, 3.63) is 12.2 Å². The minimum Gasteiger partial charge on any atom is -0.308 e. The van der Waals surface area contributed by atoms with E-state index in [2.05, 4.69) is 10.6 Å². The highest BCUT2D eigenvalue weighted by molar-refractivity contribution is 5.94. The Balaban J connectivity index is 1.83. The Bertz CT molecular complexity index is 364. The zero-order valence-electron chi connectivity index (χ0n) is 9.11. The van der Waals surface area contributed by atoms with E-state index < -0.39 is 0 Å². The van der Waals surface area contributed by atoms with Crippen molar-refractivity contribution in [1.82, 2.24) is 10.6 Å². The van der Waals surface area contributed by atoms with Crippen LogP contribution in [0, 0.1) is 11.8 Å². The number of allylic oxidation sites excluding steroid dienone is 1. The zero-order valence-corrected chi connectivity index (χ0v) is 9.11. The topological polar surface area (TPSA) is 58.2 Å². The normalized spacial score (nSPS) is 42.8. The van der Waals surface area contributed by atoms with Crippen LogP contribution in [0.3, 0.4) is 0 Å². The summed E-state index contributed by atoms with van der Waals surface area (Å²) < 4.78 is 0. The van der Waals surface area contributed by atoms with E-state index in [1.165, 1.54) is 0 Å². The maximum Gasteiger partial charge on any atom is 0.160 e. The van der Waals surface area contributed by atoms with Gasteiger partial charge in [0.2, 0.25) is 0 Å². The summed E-state index contributed by atoms with van der Waals surface area (Å²) in [4.78, 5) is 23.5. The van der Waals surface area contributed by atoms with Crippen molar-refractivity contribution in [2.75, 3.05) is 13.1 Å². The maximum absolute atomic E-state index is 11.8. The molecule has 16 heavy (non-hydrogen) atoms. The Morgan fingerprint density at radius 3 is 2.94 bits per heavy atom. The van der Waals surface area contributed by atoms with Crippen molar-refractivity contribution in [3.8, 4) is 0 Å². The Morgan fingerprint density at radius 2 is 2.06 bits per heavy atom. The summed E-state index contributed by atoms with van der Waals surface area (Å²) in [5.41, 5.74) is 0. The van der Waals surface area contributed by atoms with Gasteiger partial charge in [-0.05, 0) is 18.9 Å². The minimum atomic E-state index is 0.0216. The zero-order chi connectivity index (χ0) is 11.1. The van der Waals surface area contributed by atoms with Crippen molar-refractivity contribution >= 4 is 11.6 Å². The lowest BCUT2D eigenvalue weighted by Crippen LogP contribution is -2.63. The minimum absolute atomic E-state index is 0.0216. The van der Waals surface area contributed by atoms with Crippen molar-refractivity contribution in [2.45, 2.75) is 24.9 Å². The number of piperidine rings is 2. The highest BCUT2D eigenvalue weighted by Gasteiger charge is 2.43. The number of carbonyl (C=O) groups excluding carboxylic acids is 2. The highest BCUT2D eigenvalue weighted by Crippen LogP contribution is 2.31. The van der Waals surface area contributed by atoms with Crippen molar-refractivity contribution in [2.24, 2.45) is 11.8 Å². The van der Waals surface area contributed by atoms with Crippen LogP contribution in [0.15, 0.2) is 12.2 Å². The molecule has 0 aromatic carbocycles. The quantitative estimate of drug-likeness (QED) is 0.586. The van der Waals surface area contributed by atoms with Crippen LogP contribution in [0.1, 0.15) is 12.8 Å². The van der Waals surface area contributed by atoms with Gasteiger partial charge in [0.1, 0.15) is 0 Å². The number of carbonyl (C=O) groups is 2. The number of rotatable bonds is 0. The first kappa shape index (κ1) is 10.2. The van der Waals surface area contributed by atoms with Gasteiger partial charge in [-0.2, -0.15) is 0 Å². The summed E-state index contributed by atoms with van der Waals surface area (Å²) >= 11 is 0. The average molecular weight is 220 g/mol. The number of ketones is 2. The lowest BCUT2D eigenvalue weighted by molar-refractivity contribution is -0.129. The molecule has 86 valence electrons. The first-order valence-corrected chi connectivity index (χ1v) is 5.95. The van der Waals surface area contributed by atoms with E-state index in [0.717, 1.165) is 19.4 Å². The van der Waals surface area contributed by atoms with Crippen LogP contribution in [0.5, 0.6) is 0 Å². The van der Waals surface area contributed by atoms with Crippen molar-refractivity contribution in [3.63, 3.8) is 0 Å². The molecule has 0 spiro atoms. The van der Waals surface area contributed by atoms with Gasteiger partial charge in [0.25, 0.3) is 0 Å². The molecule has 0 radical (unpaired) electrons. The molecule has 1 aliphatic carbocycles. The summed E-state index contributed by atoms with van der Waals surface area (Å²) in [5, 5.41) is 6.59. The van der Waals surface area contributed by atoms with Gasteiger partial charge in [-0.25, -0.2) is 0 Å². The average Bonchev–Trinajstić information content (AvgIpc) is 2.28. The number of Topliss-reactive ketones (excluding diaryl/α,β-unsaturated/α-hetero) is 1. The van der Waals surface area contributed by atoms with Gasteiger partial charge in [-0.1, -0.05) is 6.08 Å². The van der Waals surface area contributed by atoms with Gasteiger partial charge < -0.3 is 10.6 Å². The van der Waals surface area contributed by atoms with E-state index in [0.29, 0.717) is 6.54 Å². The number of hydrogen-bond acceptors (Lipinski definition) is 4. The van der Waals surface area contributed by atoms with Gasteiger partial charge >= 0.3 is 0 Å². The molecular weight excluding hydrogens is 204 g/mol. The fourth-order valence-corrected chi connectivity index (χ4v) is 3.15. The van der Waals surface area contributed by atoms with Crippen LogP contribution >= 0.6 is 0 Å². The Hall–Kier alpha value is -1.00. The first-order valence-electron chi connectivity index (χ1n) is 5.95. The summed E-state index contributed by atoms with van der Waals surface area (Å²) in [6.07, 6.45) is 5.27. The smallest absolute Gasteiger partial charge is 0.160 e. The molecule has 2 aliphatic heterocycles. The molecule has 3 aliphatic rings. The summed E-state index contributed by atoms with van der Waals surface area (Å²) in [7, 11) is 0. The standard InChI is InChI=1S/C12H16N2O2/c15-11-3-1-2-9-7(11)4-8-10(14-9)5-13-6-12(8)16/h1,3,7-10,13-14H,2,4-6H2. The van der Waals surface area contributed by atoms with E-state index in [1.807, 2.05) is 6.08 Å². The Morgan fingerprint density at radius 1 is 1.19 bits per heavy atom. The van der Waals surface area contributed by atoms with E-state index in [1.54, 1.807) is 6.08 Å². The van der Waals surface area contributed by atoms with Gasteiger partial charge in [-0.15, -0.1) is 0 Å². The second-order valence-electron chi connectivity index (χ2n) is 4.97. The van der Waals surface area contributed by atoms with Crippen molar-refractivity contribution < 1.29 is 9.59 Å². The van der Waals surface area contributed by atoms with Crippen LogP contribution in [-0.4, -0.2) is 36.7 Å². The summed E-state index contributed by atoms with van der Waals surface area (Å²) in [5.74, 6) is 0.504. The molecule has 2 N–H and O–H groups in total. The third-order valence-corrected chi connectivity index (χ3v) is 4.02. The SMILES string of the molecule is O=C1C=CCC2NC3CNCC(=O)C3CC12. The van der Waals surface area contributed by atoms with Crippen LogP contribution in [0.2, 0.25) is 0 Å². The van der Waals surface area contributed by atoms with E-state index in [-0.39, 0.29) is 35.5 Å².